The minimum atomic E-state index is 1.01. The second-order valence-corrected chi connectivity index (χ2v) is 7.16. The number of hydrogen-bond donors (Lipinski definition) is 0. The smallest absolute Gasteiger partial charge is 0.0241 e. The third-order valence-corrected chi connectivity index (χ3v) is 5.14. The van der Waals surface area contributed by atoms with E-state index in [-0.39, 0.29) is 0 Å². The molecule has 0 aliphatic carbocycles. The van der Waals surface area contributed by atoms with Crippen molar-refractivity contribution in [2.45, 2.75) is 26.2 Å². The lowest BCUT2D eigenvalue weighted by Crippen LogP contribution is -2.37. The molecule has 0 saturated heterocycles. The van der Waals surface area contributed by atoms with Gasteiger partial charge in [-0.1, -0.05) is 84.9 Å². The highest BCUT2D eigenvalue weighted by molar-refractivity contribution is 5.28. The average Bonchev–Trinajstić information content (AvgIpc) is 2.67. The Labute approximate surface area is 156 Å². The van der Waals surface area contributed by atoms with E-state index >= 15 is 0 Å². The van der Waals surface area contributed by atoms with Gasteiger partial charge in [-0.05, 0) is 22.3 Å². The first kappa shape index (κ1) is 17.0. The highest BCUT2D eigenvalue weighted by Gasteiger charge is 2.17. The molecular formula is C24H26N2. The van der Waals surface area contributed by atoms with E-state index < -0.39 is 0 Å². The minimum Gasteiger partial charge on any atom is -0.294 e. The van der Waals surface area contributed by atoms with Crippen LogP contribution in [0.5, 0.6) is 0 Å². The van der Waals surface area contributed by atoms with Gasteiger partial charge in [0.15, 0.2) is 0 Å². The van der Waals surface area contributed by atoms with Gasteiger partial charge in [0.2, 0.25) is 0 Å². The molecule has 0 unspecified atom stereocenters. The zero-order valence-corrected chi connectivity index (χ0v) is 15.2. The van der Waals surface area contributed by atoms with Crippen LogP contribution in [-0.2, 0) is 26.2 Å². The Kier molecular flexibility index (Phi) is 5.44. The molecule has 3 aromatic rings. The van der Waals surface area contributed by atoms with Gasteiger partial charge in [0, 0.05) is 39.3 Å². The molecule has 3 aromatic carbocycles. The van der Waals surface area contributed by atoms with Crippen molar-refractivity contribution in [3.8, 4) is 0 Å². The SMILES string of the molecule is c1ccc(CN2CCN(Cc3ccccc3)Cc3ccccc3C2)cc1. The number of nitrogens with zero attached hydrogens (tertiary/aromatic N) is 2. The summed E-state index contributed by atoms with van der Waals surface area (Å²) in [5.74, 6) is 0. The van der Waals surface area contributed by atoms with Crippen molar-refractivity contribution in [2.75, 3.05) is 13.1 Å². The summed E-state index contributed by atoms with van der Waals surface area (Å²) in [6.07, 6.45) is 0. The van der Waals surface area contributed by atoms with Gasteiger partial charge in [-0.25, -0.2) is 0 Å². The molecule has 0 atom stereocenters. The quantitative estimate of drug-likeness (QED) is 0.678. The van der Waals surface area contributed by atoms with E-state index in [1.807, 2.05) is 0 Å². The molecule has 1 aliphatic heterocycles. The summed E-state index contributed by atoms with van der Waals surface area (Å²) in [5, 5.41) is 0. The first-order valence-electron chi connectivity index (χ1n) is 9.46. The van der Waals surface area contributed by atoms with Crippen molar-refractivity contribution in [1.29, 1.82) is 0 Å². The summed E-state index contributed by atoms with van der Waals surface area (Å²) < 4.78 is 0. The number of fused-ring (bicyclic) bond motifs is 1. The maximum Gasteiger partial charge on any atom is 0.0241 e. The Morgan fingerprint density at radius 3 is 1.31 bits per heavy atom. The van der Waals surface area contributed by atoms with Crippen molar-refractivity contribution < 1.29 is 0 Å². The molecule has 0 spiro atoms. The molecule has 1 aliphatic rings. The molecule has 1 heterocycles. The van der Waals surface area contributed by atoms with Crippen molar-refractivity contribution in [2.24, 2.45) is 0 Å². The Morgan fingerprint density at radius 1 is 0.500 bits per heavy atom. The predicted molar refractivity (Wildman–Crippen MR) is 108 cm³/mol. The van der Waals surface area contributed by atoms with E-state index in [4.69, 9.17) is 0 Å². The molecule has 0 N–H and O–H groups in total. The van der Waals surface area contributed by atoms with E-state index in [2.05, 4.69) is 94.7 Å². The molecule has 2 nitrogen and oxygen atoms in total. The fraction of sp³-hybridized carbons (Fsp3) is 0.250. The van der Waals surface area contributed by atoms with Crippen molar-refractivity contribution in [1.82, 2.24) is 9.80 Å². The van der Waals surface area contributed by atoms with Crippen molar-refractivity contribution in [3.63, 3.8) is 0 Å². The fourth-order valence-corrected chi connectivity index (χ4v) is 3.74. The maximum absolute atomic E-state index is 2.57. The van der Waals surface area contributed by atoms with E-state index in [0.717, 1.165) is 39.3 Å². The summed E-state index contributed by atoms with van der Waals surface area (Å²) in [4.78, 5) is 5.15. The second kappa shape index (κ2) is 8.31. The predicted octanol–water partition coefficient (Wildman–Crippen LogP) is 4.70. The highest BCUT2D eigenvalue weighted by atomic mass is 15.2. The van der Waals surface area contributed by atoms with E-state index in [1.54, 1.807) is 0 Å². The molecule has 2 heteroatoms. The number of rotatable bonds is 4. The second-order valence-electron chi connectivity index (χ2n) is 7.16. The van der Waals surface area contributed by atoms with Crippen LogP contribution in [0.1, 0.15) is 22.3 Å². The van der Waals surface area contributed by atoms with Gasteiger partial charge in [0.05, 0.1) is 0 Å². The summed E-state index contributed by atoms with van der Waals surface area (Å²) >= 11 is 0. The lowest BCUT2D eigenvalue weighted by atomic mass is 10.0. The normalized spacial score (nSPS) is 15.8. The first-order chi connectivity index (χ1) is 12.9. The molecule has 4 rings (SSSR count). The molecule has 0 fully saturated rings. The van der Waals surface area contributed by atoms with Gasteiger partial charge in [0.1, 0.15) is 0 Å². The van der Waals surface area contributed by atoms with Crippen LogP contribution < -0.4 is 0 Å². The summed E-state index contributed by atoms with van der Waals surface area (Å²) in [5.41, 5.74) is 5.70. The van der Waals surface area contributed by atoms with Gasteiger partial charge in [-0.3, -0.25) is 9.80 Å². The third-order valence-electron chi connectivity index (χ3n) is 5.14. The maximum atomic E-state index is 2.57. The molecule has 0 radical (unpaired) electrons. The average molecular weight is 342 g/mol. The van der Waals surface area contributed by atoms with E-state index in [1.165, 1.54) is 22.3 Å². The molecule has 0 saturated carbocycles. The summed E-state index contributed by atoms with van der Waals surface area (Å²) in [7, 11) is 0. The Morgan fingerprint density at radius 2 is 0.885 bits per heavy atom. The first-order valence-corrected chi connectivity index (χ1v) is 9.46. The van der Waals surface area contributed by atoms with Crippen LogP contribution in [0, 0.1) is 0 Å². The third kappa shape index (κ3) is 4.40. The number of benzene rings is 3. The van der Waals surface area contributed by atoms with Crippen LogP contribution in [0.15, 0.2) is 84.9 Å². The summed E-state index contributed by atoms with van der Waals surface area (Å²) in [6.45, 7) is 6.27. The Balaban J connectivity index is 1.54. The topological polar surface area (TPSA) is 6.48 Å². The summed E-state index contributed by atoms with van der Waals surface area (Å²) in [6, 6.07) is 30.6. The number of hydrogen-bond acceptors (Lipinski definition) is 2. The van der Waals surface area contributed by atoms with Crippen LogP contribution in [0.4, 0.5) is 0 Å². The van der Waals surface area contributed by atoms with Crippen LogP contribution in [0.25, 0.3) is 0 Å². The highest BCUT2D eigenvalue weighted by Crippen LogP contribution is 2.20. The molecule has 0 amide bonds. The van der Waals surface area contributed by atoms with Gasteiger partial charge >= 0.3 is 0 Å². The van der Waals surface area contributed by atoms with Gasteiger partial charge < -0.3 is 0 Å². The Hall–Kier alpha value is -2.42. The molecule has 132 valence electrons. The van der Waals surface area contributed by atoms with Crippen LogP contribution in [0.3, 0.4) is 0 Å². The monoisotopic (exact) mass is 342 g/mol. The lowest BCUT2D eigenvalue weighted by Gasteiger charge is -2.32. The van der Waals surface area contributed by atoms with E-state index in [9.17, 15) is 0 Å². The zero-order valence-electron chi connectivity index (χ0n) is 15.2. The molecule has 0 bridgehead atoms. The van der Waals surface area contributed by atoms with Gasteiger partial charge in [-0.2, -0.15) is 0 Å². The van der Waals surface area contributed by atoms with Crippen LogP contribution >= 0.6 is 0 Å². The van der Waals surface area contributed by atoms with Crippen LogP contribution in [0.2, 0.25) is 0 Å². The molecular weight excluding hydrogens is 316 g/mol. The van der Waals surface area contributed by atoms with Crippen molar-refractivity contribution in [3.05, 3.63) is 107 Å². The molecule has 26 heavy (non-hydrogen) atoms. The lowest BCUT2D eigenvalue weighted by molar-refractivity contribution is 0.170. The van der Waals surface area contributed by atoms with Gasteiger partial charge in [0.25, 0.3) is 0 Å². The standard InChI is InChI=1S/C24H26N2/c1-3-9-21(10-4-1)17-25-15-16-26(18-22-11-5-2-6-12-22)20-24-14-8-7-13-23(24)19-25/h1-14H,15-20H2. The minimum absolute atomic E-state index is 1.01. The van der Waals surface area contributed by atoms with Crippen molar-refractivity contribution >= 4 is 0 Å². The van der Waals surface area contributed by atoms with E-state index in [0.29, 0.717) is 0 Å². The molecule has 0 aromatic heterocycles. The Bertz CT molecular complexity index is 743. The fourth-order valence-electron chi connectivity index (χ4n) is 3.74. The van der Waals surface area contributed by atoms with Crippen LogP contribution in [-0.4, -0.2) is 22.9 Å². The largest absolute Gasteiger partial charge is 0.294 e. The van der Waals surface area contributed by atoms with Gasteiger partial charge in [-0.15, -0.1) is 0 Å². The zero-order chi connectivity index (χ0) is 17.6.